The molecule has 0 aliphatic heterocycles. The molecule has 1 aliphatic rings. The second kappa shape index (κ2) is 6.46. The van der Waals surface area contributed by atoms with Crippen LogP contribution in [0, 0.1) is 0 Å². The lowest BCUT2D eigenvalue weighted by atomic mass is 10.0. The van der Waals surface area contributed by atoms with Gasteiger partial charge in [0.2, 0.25) is 5.91 Å². The van der Waals surface area contributed by atoms with E-state index in [9.17, 15) is 9.59 Å². The fourth-order valence-corrected chi connectivity index (χ4v) is 3.29. The molecular formula is C17H18N6O2. The average molecular weight is 338 g/mol. The van der Waals surface area contributed by atoms with Crippen LogP contribution in [0.1, 0.15) is 37.3 Å². The van der Waals surface area contributed by atoms with Gasteiger partial charge in [0, 0.05) is 17.7 Å². The van der Waals surface area contributed by atoms with Gasteiger partial charge in [-0.1, -0.05) is 30.2 Å². The second-order valence-electron chi connectivity index (χ2n) is 6.31. The molecule has 3 aromatic rings. The molecule has 2 heterocycles. The van der Waals surface area contributed by atoms with Gasteiger partial charge in [-0.15, -0.1) is 5.10 Å². The Morgan fingerprint density at radius 1 is 1.28 bits per heavy atom. The van der Waals surface area contributed by atoms with Crippen LogP contribution in [0.3, 0.4) is 0 Å². The standard InChI is InChI=1S/C17H18N6O2/c24-16(18-15-9-14(19-21-15)11-5-1-2-6-11)10-23-17(25)12-7-3-4-8-13(12)20-22-23/h3-4,7-9,11H,1-2,5-6,10H2,(H2,18,19,21,24). The van der Waals surface area contributed by atoms with E-state index in [1.54, 1.807) is 24.3 Å². The maximum absolute atomic E-state index is 12.4. The number of aromatic amines is 1. The van der Waals surface area contributed by atoms with E-state index in [1.165, 1.54) is 12.8 Å². The fraction of sp³-hybridized carbons (Fsp3) is 0.353. The van der Waals surface area contributed by atoms with E-state index in [4.69, 9.17) is 0 Å². The van der Waals surface area contributed by atoms with Crippen LogP contribution in [-0.2, 0) is 11.3 Å². The highest BCUT2D eigenvalue weighted by atomic mass is 16.2. The zero-order valence-corrected chi connectivity index (χ0v) is 13.6. The highest BCUT2D eigenvalue weighted by Gasteiger charge is 2.19. The summed E-state index contributed by atoms with van der Waals surface area (Å²) in [6, 6.07) is 8.78. The van der Waals surface area contributed by atoms with Crippen LogP contribution in [0.5, 0.6) is 0 Å². The van der Waals surface area contributed by atoms with E-state index in [0.29, 0.717) is 22.6 Å². The van der Waals surface area contributed by atoms with Gasteiger partial charge in [0.1, 0.15) is 12.1 Å². The Morgan fingerprint density at radius 3 is 2.92 bits per heavy atom. The van der Waals surface area contributed by atoms with E-state index < -0.39 is 0 Å². The number of rotatable bonds is 4. The quantitative estimate of drug-likeness (QED) is 0.755. The van der Waals surface area contributed by atoms with Crippen molar-refractivity contribution in [1.29, 1.82) is 0 Å². The minimum Gasteiger partial charge on any atom is -0.308 e. The number of benzene rings is 1. The average Bonchev–Trinajstić information content (AvgIpc) is 3.29. The van der Waals surface area contributed by atoms with Crippen LogP contribution in [0.2, 0.25) is 0 Å². The molecule has 128 valence electrons. The third-order valence-corrected chi connectivity index (χ3v) is 4.58. The zero-order valence-electron chi connectivity index (χ0n) is 13.6. The Kier molecular flexibility index (Phi) is 4.01. The van der Waals surface area contributed by atoms with Crippen molar-refractivity contribution in [2.24, 2.45) is 0 Å². The number of hydrogen-bond donors (Lipinski definition) is 2. The molecule has 2 aromatic heterocycles. The van der Waals surface area contributed by atoms with Crippen molar-refractivity contribution in [2.75, 3.05) is 5.32 Å². The molecule has 2 N–H and O–H groups in total. The van der Waals surface area contributed by atoms with E-state index in [-0.39, 0.29) is 18.0 Å². The summed E-state index contributed by atoms with van der Waals surface area (Å²) in [6.07, 6.45) is 4.76. The lowest BCUT2D eigenvalue weighted by Gasteiger charge is -2.05. The predicted molar refractivity (Wildman–Crippen MR) is 92.2 cm³/mol. The van der Waals surface area contributed by atoms with Crippen molar-refractivity contribution in [3.63, 3.8) is 0 Å². The monoisotopic (exact) mass is 338 g/mol. The molecule has 4 rings (SSSR count). The molecule has 1 amide bonds. The van der Waals surface area contributed by atoms with Gasteiger partial charge in [0.25, 0.3) is 5.56 Å². The first-order chi connectivity index (χ1) is 12.2. The Bertz CT molecular complexity index is 970. The topological polar surface area (TPSA) is 106 Å². The van der Waals surface area contributed by atoms with E-state index in [2.05, 4.69) is 25.8 Å². The van der Waals surface area contributed by atoms with E-state index in [0.717, 1.165) is 23.2 Å². The van der Waals surface area contributed by atoms with Crippen LogP contribution >= 0.6 is 0 Å². The molecule has 0 saturated heterocycles. The Hall–Kier alpha value is -3.03. The van der Waals surface area contributed by atoms with Crippen LogP contribution in [0.15, 0.2) is 35.1 Å². The number of nitrogens with one attached hydrogen (secondary N) is 2. The van der Waals surface area contributed by atoms with Gasteiger partial charge in [-0.25, -0.2) is 4.68 Å². The summed E-state index contributed by atoms with van der Waals surface area (Å²) < 4.78 is 1.06. The molecule has 25 heavy (non-hydrogen) atoms. The summed E-state index contributed by atoms with van der Waals surface area (Å²) in [5.74, 6) is 0.594. The van der Waals surface area contributed by atoms with Crippen molar-refractivity contribution < 1.29 is 4.79 Å². The van der Waals surface area contributed by atoms with Crippen LogP contribution in [-0.4, -0.2) is 31.1 Å². The molecule has 0 atom stereocenters. The number of anilines is 1. The summed E-state index contributed by atoms with van der Waals surface area (Å²) in [5.41, 5.74) is 1.22. The number of H-pyrrole nitrogens is 1. The molecule has 0 unspecified atom stereocenters. The Balaban J connectivity index is 1.47. The summed E-state index contributed by atoms with van der Waals surface area (Å²) in [7, 11) is 0. The third-order valence-electron chi connectivity index (χ3n) is 4.58. The minimum atomic E-state index is -0.365. The highest BCUT2D eigenvalue weighted by Crippen LogP contribution is 2.33. The normalized spacial score (nSPS) is 14.9. The van der Waals surface area contributed by atoms with Gasteiger partial charge >= 0.3 is 0 Å². The fourth-order valence-electron chi connectivity index (χ4n) is 3.29. The number of fused-ring (bicyclic) bond motifs is 1. The predicted octanol–water partition coefficient (Wildman–Crippen LogP) is 1.81. The van der Waals surface area contributed by atoms with Gasteiger partial charge in [-0.05, 0) is 25.0 Å². The van der Waals surface area contributed by atoms with Gasteiger partial charge in [0.05, 0.1) is 5.39 Å². The van der Waals surface area contributed by atoms with Crippen LogP contribution in [0.25, 0.3) is 10.9 Å². The number of carbonyl (C=O) groups excluding carboxylic acids is 1. The summed E-state index contributed by atoms with van der Waals surface area (Å²) in [6.45, 7) is -0.206. The van der Waals surface area contributed by atoms with Gasteiger partial charge in [-0.3, -0.25) is 14.7 Å². The molecular weight excluding hydrogens is 320 g/mol. The largest absolute Gasteiger partial charge is 0.308 e. The number of hydrogen-bond acceptors (Lipinski definition) is 5. The molecule has 0 radical (unpaired) electrons. The van der Waals surface area contributed by atoms with Gasteiger partial charge in [-0.2, -0.15) is 5.10 Å². The van der Waals surface area contributed by atoms with Crippen LogP contribution < -0.4 is 10.9 Å². The van der Waals surface area contributed by atoms with Crippen molar-refractivity contribution in [3.8, 4) is 0 Å². The molecule has 0 bridgehead atoms. The first-order valence-electron chi connectivity index (χ1n) is 8.38. The van der Waals surface area contributed by atoms with E-state index >= 15 is 0 Å². The van der Waals surface area contributed by atoms with E-state index in [1.807, 2.05) is 6.07 Å². The van der Waals surface area contributed by atoms with Crippen molar-refractivity contribution in [3.05, 3.63) is 46.4 Å². The minimum absolute atomic E-state index is 0.206. The van der Waals surface area contributed by atoms with Crippen molar-refractivity contribution in [2.45, 2.75) is 38.1 Å². The molecule has 0 spiro atoms. The number of nitrogens with zero attached hydrogens (tertiary/aromatic N) is 4. The molecule has 8 nitrogen and oxygen atoms in total. The lowest BCUT2D eigenvalue weighted by Crippen LogP contribution is -2.30. The molecule has 1 saturated carbocycles. The smallest absolute Gasteiger partial charge is 0.278 e. The number of aromatic nitrogens is 5. The first-order valence-corrected chi connectivity index (χ1v) is 8.38. The summed E-state index contributed by atoms with van der Waals surface area (Å²) in [4.78, 5) is 24.6. The SMILES string of the molecule is O=C(Cn1nnc2ccccc2c1=O)Nc1cc(C2CCCC2)[nH]n1. The first kappa shape index (κ1) is 15.5. The maximum Gasteiger partial charge on any atom is 0.278 e. The number of amides is 1. The molecule has 1 aromatic carbocycles. The molecule has 1 fully saturated rings. The maximum atomic E-state index is 12.4. The summed E-state index contributed by atoms with van der Waals surface area (Å²) >= 11 is 0. The zero-order chi connectivity index (χ0) is 17.2. The van der Waals surface area contributed by atoms with Gasteiger partial charge < -0.3 is 5.32 Å². The number of carbonyl (C=O) groups is 1. The molecule has 8 heteroatoms. The molecule has 1 aliphatic carbocycles. The Morgan fingerprint density at radius 2 is 2.08 bits per heavy atom. The van der Waals surface area contributed by atoms with Gasteiger partial charge in [0.15, 0.2) is 5.82 Å². The van der Waals surface area contributed by atoms with Crippen molar-refractivity contribution >= 4 is 22.6 Å². The van der Waals surface area contributed by atoms with Crippen molar-refractivity contribution in [1.82, 2.24) is 25.2 Å². The third kappa shape index (κ3) is 3.15. The van der Waals surface area contributed by atoms with Crippen LogP contribution in [0.4, 0.5) is 5.82 Å². The second-order valence-corrected chi connectivity index (χ2v) is 6.31. The summed E-state index contributed by atoms with van der Waals surface area (Å²) in [5, 5.41) is 18.1. The Labute approximate surface area is 143 Å². The lowest BCUT2D eigenvalue weighted by molar-refractivity contribution is -0.117. The highest BCUT2D eigenvalue weighted by molar-refractivity contribution is 5.89.